The number of rotatable bonds is 9. The summed E-state index contributed by atoms with van der Waals surface area (Å²) >= 11 is 0. The standard InChI is InChI=1S/C29H33N3O9S/c1-4-40-20-10-12-31(16-22-21-9-11-30-27(21)17(2)13-24(22)39-3)23(14-20)18-5-7-19(8-6-18)29(35)41-32-26(33)15-25(28(32)34)42(36,37)38/h5-9,11,13,20,23,25,30H,4,10,12,14-16H2,1-3H3,(H,36,37,38)/t20-,23?,25?/m0/s1. The van der Waals surface area contributed by atoms with Crippen LogP contribution in [0.3, 0.4) is 0 Å². The van der Waals surface area contributed by atoms with Crippen molar-refractivity contribution >= 4 is 38.8 Å². The summed E-state index contributed by atoms with van der Waals surface area (Å²) in [5.74, 6) is -2.54. The largest absolute Gasteiger partial charge is 0.496 e. The predicted octanol–water partition coefficient (Wildman–Crippen LogP) is 3.31. The van der Waals surface area contributed by atoms with Gasteiger partial charge < -0.3 is 19.3 Å². The van der Waals surface area contributed by atoms with E-state index in [-0.39, 0.29) is 22.8 Å². The van der Waals surface area contributed by atoms with Crippen molar-refractivity contribution in [3.63, 3.8) is 0 Å². The van der Waals surface area contributed by atoms with E-state index in [4.69, 9.17) is 14.3 Å². The van der Waals surface area contributed by atoms with Crippen molar-refractivity contribution in [2.24, 2.45) is 0 Å². The molecule has 2 fully saturated rings. The Labute approximate surface area is 243 Å². The first-order valence-corrected chi connectivity index (χ1v) is 15.2. The Hall–Kier alpha value is -3.78. The molecule has 2 aliphatic heterocycles. The number of nitrogens with zero attached hydrogens (tertiary/aromatic N) is 2. The van der Waals surface area contributed by atoms with Crippen molar-refractivity contribution < 1.29 is 41.7 Å². The Morgan fingerprint density at radius 3 is 2.55 bits per heavy atom. The first kappa shape index (κ1) is 29.7. The van der Waals surface area contributed by atoms with E-state index < -0.39 is 39.6 Å². The number of benzene rings is 2. The molecule has 2 aliphatic rings. The molecule has 13 heteroatoms. The number of likely N-dealkylation sites (tertiary alicyclic amines) is 1. The van der Waals surface area contributed by atoms with Crippen LogP contribution < -0.4 is 4.74 Å². The lowest BCUT2D eigenvalue weighted by Crippen LogP contribution is -2.39. The number of methoxy groups -OCH3 is 1. The SMILES string of the molecule is CCO[C@H]1CCN(Cc2c(OC)cc(C)c3[nH]ccc23)C(c2ccc(C(=O)ON3C(=O)CC(S(=O)(=O)O)C3=O)cc2)C1. The molecule has 42 heavy (non-hydrogen) atoms. The number of H-pyrrole nitrogens is 1. The molecule has 12 nitrogen and oxygen atoms in total. The van der Waals surface area contributed by atoms with Crippen LogP contribution in [0.25, 0.3) is 10.9 Å². The highest BCUT2D eigenvalue weighted by Crippen LogP contribution is 2.38. The third-order valence-electron chi connectivity index (χ3n) is 7.89. The molecule has 0 spiro atoms. The van der Waals surface area contributed by atoms with Gasteiger partial charge in [-0.3, -0.25) is 19.0 Å². The summed E-state index contributed by atoms with van der Waals surface area (Å²) in [4.78, 5) is 47.7. The summed E-state index contributed by atoms with van der Waals surface area (Å²) in [6.07, 6.45) is 2.78. The maximum absolute atomic E-state index is 12.7. The number of piperidine rings is 1. The summed E-state index contributed by atoms with van der Waals surface area (Å²) in [6, 6.07) is 10.7. The van der Waals surface area contributed by atoms with E-state index in [0.29, 0.717) is 13.2 Å². The first-order valence-electron chi connectivity index (χ1n) is 13.7. The maximum Gasteiger partial charge on any atom is 0.363 e. The van der Waals surface area contributed by atoms with Gasteiger partial charge in [0.1, 0.15) is 5.75 Å². The maximum atomic E-state index is 12.7. The van der Waals surface area contributed by atoms with Crippen molar-refractivity contribution in [3.8, 4) is 5.75 Å². The number of hydrogen-bond acceptors (Lipinski definition) is 9. The van der Waals surface area contributed by atoms with E-state index in [1.165, 1.54) is 12.1 Å². The number of aromatic amines is 1. The van der Waals surface area contributed by atoms with Crippen LogP contribution in [0, 0.1) is 6.92 Å². The zero-order valence-corrected chi connectivity index (χ0v) is 24.3. The molecule has 0 radical (unpaired) electrons. The second-order valence-corrected chi connectivity index (χ2v) is 12.1. The quantitative estimate of drug-likeness (QED) is 0.276. The molecule has 2 unspecified atom stereocenters. The smallest absolute Gasteiger partial charge is 0.363 e. The fourth-order valence-corrected chi connectivity index (χ4v) is 6.48. The number of imide groups is 1. The third-order valence-corrected chi connectivity index (χ3v) is 8.97. The number of ether oxygens (including phenoxy) is 2. The highest BCUT2D eigenvalue weighted by atomic mass is 32.2. The van der Waals surface area contributed by atoms with E-state index in [0.717, 1.165) is 52.7 Å². The lowest BCUT2D eigenvalue weighted by molar-refractivity contribution is -0.172. The number of carbonyl (C=O) groups is 3. The number of fused-ring (bicyclic) bond motifs is 1. The number of amides is 2. The van der Waals surface area contributed by atoms with Gasteiger partial charge in [0.15, 0.2) is 5.25 Å². The lowest BCUT2D eigenvalue weighted by atomic mass is 9.91. The second-order valence-electron chi connectivity index (χ2n) is 10.5. The van der Waals surface area contributed by atoms with Crippen LogP contribution in [0.5, 0.6) is 5.75 Å². The molecule has 2 aromatic carbocycles. The van der Waals surface area contributed by atoms with Gasteiger partial charge in [0, 0.05) is 48.4 Å². The molecule has 3 heterocycles. The molecule has 5 rings (SSSR count). The molecule has 2 amide bonds. The normalized spacial score (nSPS) is 21.7. The Bertz CT molecular complexity index is 1620. The minimum absolute atomic E-state index is 0.0439. The molecule has 224 valence electrons. The molecule has 2 saturated heterocycles. The highest BCUT2D eigenvalue weighted by molar-refractivity contribution is 7.87. The fraction of sp³-hybridized carbons (Fsp3) is 0.414. The molecular weight excluding hydrogens is 566 g/mol. The van der Waals surface area contributed by atoms with Crippen LogP contribution in [0.15, 0.2) is 42.6 Å². The number of hydrogen-bond donors (Lipinski definition) is 2. The van der Waals surface area contributed by atoms with Gasteiger partial charge in [-0.2, -0.15) is 8.42 Å². The number of nitrogens with one attached hydrogen (secondary N) is 1. The van der Waals surface area contributed by atoms with Crippen molar-refractivity contribution in [1.29, 1.82) is 0 Å². The fourth-order valence-electron chi connectivity index (χ4n) is 5.78. The van der Waals surface area contributed by atoms with Gasteiger partial charge in [-0.15, -0.1) is 5.06 Å². The van der Waals surface area contributed by atoms with Gasteiger partial charge in [-0.25, -0.2) is 4.79 Å². The van der Waals surface area contributed by atoms with Crippen molar-refractivity contribution in [2.45, 2.75) is 57.1 Å². The monoisotopic (exact) mass is 599 g/mol. The average molecular weight is 600 g/mol. The van der Waals surface area contributed by atoms with Gasteiger partial charge in [0.25, 0.3) is 21.9 Å². The molecule has 1 aromatic heterocycles. The molecule has 0 saturated carbocycles. The minimum atomic E-state index is -4.82. The summed E-state index contributed by atoms with van der Waals surface area (Å²) < 4.78 is 43.7. The lowest BCUT2D eigenvalue weighted by Gasteiger charge is -2.40. The Morgan fingerprint density at radius 1 is 1.17 bits per heavy atom. The van der Waals surface area contributed by atoms with Crippen molar-refractivity contribution in [2.75, 3.05) is 20.3 Å². The molecule has 3 atom stereocenters. The van der Waals surface area contributed by atoms with Crippen LogP contribution in [0.1, 0.15) is 59.3 Å². The van der Waals surface area contributed by atoms with E-state index in [1.807, 2.05) is 26.1 Å². The van der Waals surface area contributed by atoms with Gasteiger partial charge in [-0.1, -0.05) is 12.1 Å². The number of carbonyl (C=O) groups excluding carboxylic acids is 3. The zero-order chi connectivity index (χ0) is 30.2. The molecule has 2 N–H and O–H groups in total. The summed E-state index contributed by atoms with van der Waals surface area (Å²) in [5.41, 5.74) is 4.23. The second kappa shape index (κ2) is 11.8. The van der Waals surface area contributed by atoms with E-state index in [2.05, 4.69) is 16.0 Å². The Morgan fingerprint density at radius 2 is 1.90 bits per heavy atom. The number of aromatic nitrogens is 1. The van der Waals surface area contributed by atoms with Gasteiger partial charge >= 0.3 is 5.97 Å². The van der Waals surface area contributed by atoms with Gasteiger partial charge in [0.2, 0.25) is 0 Å². The molecular formula is C29H33N3O9S. The van der Waals surface area contributed by atoms with Crippen LogP contribution in [0.4, 0.5) is 0 Å². The van der Waals surface area contributed by atoms with E-state index >= 15 is 0 Å². The van der Waals surface area contributed by atoms with Crippen LogP contribution in [-0.4, -0.2) is 77.3 Å². The van der Waals surface area contributed by atoms with E-state index in [9.17, 15) is 27.4 Å². The van der Waals surface area contributed by atoms with Crippen LogP contribution in [0.2, 0.25) is 0 Å². The molecule has 0 bridgehead atoms. The Kier molecular flexibility index (Phi) is 8.37. The summed E-state index contributed by atoms with van der Waals surface area (Å²) in [6.45, 7) is 6.01. The summed E-state index contributed by atoms with van der Waals surface area (Å²) in [5, 5.41) is -0.797. The number of aryl methyl sites for hydroxylation is 1. The van der Waals surface area contributed by atoms with Crippen molar-refractivity contribution in [1.82, 2.24) is 14.9 Å². The summed E-state index contributed by atoms with van der Waals surface area (Å²) in [7, 11) is -3.15. The van der Waals surface area contributed by atoms with Crippen LogP contribution in [-0.2, 0) is 35.8 Å². The third kappa shape index (κ3) is 5.77. The van der Waals surface area contributed by atoms with Gasteiger partial charge in [0.05, 0.1) is 25.2 Å². The van der Waals surface area contributed by atoms with Gasteiger partial charge in [-0.05, 0) is 62.1 Å². The van der Waals surface area contributed by atoms with Crippen molar-refractivity contribution in [3.05, 3.63) is 64.8 Å². The number of hydroxylamine groups is 2. The molecule has 0 aliphatic carbocycles. The average Bonchev–Trinajstić information content (AvgIpc) is 3.57. The van der Waals surface area contributed by atoms with E-state index in [1.54, 1.807) is 19.2 Å². The predicted molar refractivity (Wildman–Crippen MR) is 151 cm³/mol. The molecule has 3 aromatic rings. The highest BCUT2D eigenvalue weighted by Gasteiger charge is 2.48. The zero-order valence-electron chi connectivity index (χ0n) is 23.5. The van der Waals surface area contributed by atoms with Crippen LogP contribution >= 0.6 is 0 Å². The minimum Gasteiger partial charge on any atom is -0.496 e. The first-order chi connectivity index (χ1) is 20.0. The topological polar surface area (TPSA) is 156 Å². The Balaban J connectivity index is 1.37.